The lowest BCUT2D eigenvalue weighted by Gasteiger charge is -2.25. The highest BCUT2D eigenvalue weighted by molar-refractivity contribution is 9.10. The van der Waals surface area contributed by atoms with E-state index in [0.29, 0.717) is 12.2 Å². The quantitative estimate of drug-likeness (QED) is 0.325. The van der Waals surface area contributed by atoms with E-state index in [1.165, 1.54) is 0 Å². The first-order valence-corrected chi connectivity index (χ1v) is 11.2. The van der Waals surface area contributed by atoms with E-state index in [-0.39, 0.29) is 11.7 Å². The average molecular weight is 492 g/mol. The molecule has 162 valence electrons. The molecule has 0 atom stereocenters. The van der Waals surface area contributed by atoms with E-state index >= 15 is 0 Å². The largest absolute Gasteiger partial charge is 0.443 e. The number of carbonyl (C=O) groups is 1. The van der Waals surface area contributed by atoms with Gasteiger partial charge in [0.25, 0.3) is 5.56 Å². The normalized spacial score (nSPS) is 13.6. The SMILES string of the molecule is CC(C)(C)OC(=O)N1CCc2ccc(-n3c(=O)ccc4cnc5ccc(Br)cc5c43)cc21. The predicted octanol–water partition coefficient (Wildman–Crippen LogP) is 5.60. The molecule has 1 amide bonds. The van der Waals surface area contributed by atoms with Gasteiger partial charge in [-0.2, -0.15) is 0 Å². The second kappa shape index (κ2) is 7.45. The fourth-order valence-electron chi connectivity index (χ4n) is 4.15. The van der Waals surface area contributed by atoms with E-state index in [1.807, 2.05) is 57.2 Å². The number of aromatic nitrogens is 2. The van der Waals surface area contributed by atoms with Crippen LogP contribution in [0.4, 0.5) is 10.5 Å². The van der Waals surface area contributed by atoms with Crippen molar-refractivity contribution in [3.05, 3.63) is 75.1 Å². The maximum absolute atomic E-state index is 13.1. The van der Waals surface area contributed by atoms with Crippen molar-refractivity contribution in [2.75, 3.05) is 11.4 Å². The summed E-state index contributed by atoms with van der Waals surface area (Å²) >= 11 is 3.53. The van der Waals surface area contributed by atoms with Gasteiger partial charge in [0.1, 0.15) is 5.60 Å². The molecule has 7 heteroatoms. The lowest BCUT2D eigenvalue weighted by Crippen LogP contribution is -2.35. The van der Waals surface area contributed by atoms with Gasteiger partial charge in [-0.15, -0.1) is 0 Å². The van der Waals surface area contributed by atoms with Gasteiger partial charge < -0.3 is 4.74 Å². The minimum Gasteiger partial charge on any atom is -0.443 e. The molecule has 0 fully saturated rings. The maximum Gasteiger partial charge on any atom is 0.414 e. The number of halogens is 1. The van der Waals surface area contributed by atoms with Crippen LogP contribution in [0.3, 0.4) is 0 Å². The molecule has 0 bridgehead atoms. The molecule has 0 N–H and O–H groups in total. The van der Waals surface area contributed by atoms with Crippen molar-refractivity contribution in [3.8, 4) is 5.69 Å². The van der Waals surface area contributed by atoms with Crippen molar-refractivity contribution in [2.24, 2.45) is 0 Å². The van der Waals surface area contributed by atoms with E-state index in [2.05, 4.69) is 20.9 Å². The van der Waals surface area contributed by atoms with E-state index in [4.69, 9.17) is 4.74 Å². The highest BCUT2D eigenvalue weighted by atomic mass is 79.9. The smallest absolute Gasteiger partial charge is 0.414 e. The first-order chi connectivity index (χ1) is 15.2. The molecule has 32 heavy (non-hydrogen) atoms. The van der Waals surface area contributed by atoms with Crippen LogP contribution in [0, 0.1) is 0 Å². The van der Waals surface area contributed by atoms with Crippen LogP contribution in [0.1, 0.15) is 26.3 Å². The number of nitrogens with zero attached hydrogens (tertiary/aromatic N) is 3. The number of fused-ring (bicyclic) bond motifs is 4. The first-order valence-electron chi connectivity index (χ1n) is 10.5. The number of amides is 1. The third kappa shape index (κ3) is 3.56. The van der Waals surface area contributed by atoms with Crippen molar-refractivity contribution >= 4 is 49.5 Å². The number of hydrogen-bond acceptors (Lipinski definition) is 4. The highest BCUT2D eigenvalue weighted by Crippen LogP contribution is 2.33. The van der Waals surface area contributed by atoms with Crippen LogP contribution in [0.15, 0.2) is 64.0 Å². The van der Waals surface area contributed by atoms with E-state index in [0.717, 1.165) is 44.0 Å². The van der Waals surface area contributed by atoms with Crippen molar-refractivity contribution in [1.82, 2.24) is 9.55 Å². The lowest BCUT2D eigenvalue weighted by atomic mass is 10.1. The molecule has 5 rings (SSSR count). The van der Waals surface area contributed by atoms with Gasteiger partial charge in [0.05, 0.1) is 22.4 Å². The Morgan fingerprint density at radius 2 is 1.91 bits per heavy atom. The van der Waals surface area contributed by atoms with E-state index < -0.39 is 5.60 Å². The third-order valence-corrected chi connectivity index (χ3v) is 6.01. The Morgan fingerprint density at radius 3 is 2.69 bits per heavy atom. The average Bonchev–Trinajstić information content (AvgIpc) is 3.15. The summed E-state index contributed by atoms with van der Waals surface area (Å²) in [7, 11) is 0. The van der Waals surface area contributed by atoms with Crippen LogP contribution in [0.25, 0.3) is 27.5 Å². The third-order valence-electron chi connectivity index (χ3n) is 5.52. The molecule has 1 aliphatic heterocycles. The first kappa shape index (κ1) is 20.7. The zero-order valence-electron chi connectivity index (χ0n) is 18.1. The molecule has 6 nitrogen and oxygen atoms in total. The molecule has 0 spiro atoms. The van der Waals surface area contributed by atoms with Gasteiger partial charge >= 0.3 is 6.09 Å². The van der Waals surface area contributed by atoms with Crippen molar-refractivity contribution in [1.29, 1.82) is 0 Å². The van der Waals surface area contributed by atoms with Gasteiger partial charge in [-0.25, -0.2) is 4.79 Å². The Morgan fingerprint density at radius 1 is 1.09 bits per heavy atom. The van der Waals surface area contributed by atoms with Crippen LogP contribution in [-0.2, 0) is 11.2 Å². The summed E-state index contributed by atoms with van der Waals surface area (Å²) in [5, 5.41) is 1.73. The molecule has 3 heterocycles. The summed E-state index contributed by atoms with van der Waals surface area (Å²) in [6.07, 6.45) is 2.15. The number of benzene rings is 2. The Labute approximate surface area is 193 Å². The maximum atomic E-state index is 13.1. The zero-order chi connectivity index (χ0) is 22.6. The molecule has 0 unspecified atom stereocenters. The summed E-state index contributed by atoms with van der Waals surface area (Å²) in [4.78, 5) is 32.1. The summed E-state index contributed by atoms with van der Waals surface area (Å²) in [6, 6.07) is 15.0. The van der Waals surface area contributed by atoms with Crippen LogP contribution >= 0.6 is 15.9 Å². The lowest BCUT2D eigenvalue weighted by molar-refractivity contribution is 0.0584. The molecule has 0 saturated heterocycles. The molecule has 2 aromatic heterocycles. The number of ether oxygens (including phenoxy) is 1. The Bertz CT molecular complexity index is 1450. The standard InChI is InChI=1S/C25H22BrN3O3/c1-25(2,3)32-24(31)28-11-10-15-4-7-18(13-21(15)28)29-22(30)9-5-16-14-27-20-8-6-17(26)12-19(20)23(16)29/h4-9,12-14H,10-11H2,1-3H3. The van der Waals surface area contributed by atoms with Crippen LogP contribution < -0.4 is 10.5 Å². The van der Waals surface area contributed by atoms with Gasteiger partial charge in [0.15, 0.2) is 0 Å². The minimum absolute atomic E-state index is 0.147. The predicted molar refractivity (Wildman–Crippen MR) is 130 cm³/mol. The van der Waals surface area contributed by atoms with Crippen LogP contribution in [0.5, 0.6) is 0 Å². The van der Waals surface area contributed by atoms with Gasteiger partial charge in [-0.1, -0.05) is 22.0 Å². The second-order valence-electron chi connectivity index (χ2n) is 8.93. The van der Waals surface area contributed by atoms with Gasteiger partial charge in [-0.3, -0.25) is 19.2 Å². The molecule has 0 aliphatic carbocycles. The summed E-state index contributed by atoms with van der Waals surface area (Å²) < 4.78 is 8.20. The topological polar surface area (TPSA) is 64.4 Å². The van der Waals surface area contributed by atoms with Gasteiger partial charge in [-0.05, 0) is 69.2 Å². The Balaban J connectivity index is 1.72. The Kier molecular flexibility index (Phi) is 4.82. The Hall–Kier alpha value is -3.19. The van der Waals surface area contributed by atoms with Crippen LogP contribution in [-0.4, -0.2) is 27.8 Å². The summed E-state index contributed by atoms with van der Waals surface area (Å²) in [5.41, 5.74) is 3.39. The fraction of sp³-hybridized carbons (Fsp3) is 0.240. The molecule has 0 radical (unpaired) electrons. The number of anilines is 1. The summed E-state index contributed by atoms with van der Waals surface area (Å²) in [5.74, 6) is 0. The molecule has 0 saturated carbocycles. The highest BCUT2D eigenvalue weighted by Gasteiger charge is 2.29. The van der Waals surface area contributed by atoms with Crippen molar-refractivity contribution in [3.63, 3.8) is 0 Å². The molecule has 4 aromatic rings. The van der Waals surface area contributed by atoms with Crippen LogP contribution in [0.2, 0.25) is 0 Å². The molecule has 2 aromatic carbocycles. The van der Waals surface area contributed by atoms with E-state index in [1.54, 1.807) is 27.8 Å². The second-order valence-corrected chi connectivity index (χ2v) is 9.84. The number of carbonyl (C=O) groups excluding carboxylic acids is 1. The van der Waals surface area contributed by atoms with Gasteiger partial charge in [0.2, 0.25) is 0 Å². The molecular weight excluding hydrogens is 470 g/mol. The van der Waals surface area contributed by atoms with Crippen molar-refractivity contribution in [2.45, 2.75) is 32.8 Å². The van der Waals surface area contributed by atoms with Gasteiger partial charge in [0, 0.05) is 34.1 Å². The summed E-state index contributed by atoms with van der Waals surface area (Å²) in [6.45, 7) is 6.11. The number of pyridine rings is 2. The fourth-order valence-corrected chi connectivity index (χ4v) is 4.51. The van der Waals surface area contributed by atoms with E-state index in [9.17, 15) is 9.59 Å². The molecular formula is C25H22BrN3O3. The number of hydrogen-bond donors (Lipinski definition) is 0. The monoisotopic (exact) mass is 491 g/mol. The number of rotatable bonds is 1. The van der Waals surface area contributed by atoms with Crippen molar-refractivity contribution < 1.29 is 9.53 Å². The molecule has 1 aliphatic rings. The minimum atomic E-state index is -0.580. The zero-order valence-corrected chi connectivity index (χ0v) is 19.6.